The van der Waals surface area contributed by atoms with E-state index in [-0.39, 0.29) is 0 Å². The van der Waals surface area contributed by atoms with Crippen molar-refractivity contribution in [3.05, 3.63) is 0 Å². The zero-order valence-corrected chi connectivity index (χ0v) is 5.35. The summed E-state index contributed by atoms with van der Waals surface area (Å²) in [4.78, 5) is 0. The number of rotatable bonds is 3. The number of unbranched alkanes of at least 4 members (excludes halogenated alkanes) is 1. The van der Waals surface area contributed by atoms with Gasteiger partial charge in [-0.25, -0.2) is 0 Å². The van der Waals surface area contributed by atoms with E-state index >= 15 is 0 Å². The molecule has 0 fully saturated rings. The highest BCUT2D eigenvalue weighted by molar-refractivity contribution is 4.83. The van der Waals surface area contributed by atoms with Gasteiger partial charge < -0.3 is 5.73 Å². The van der Waals surface area contributed by atoms with Crippen LogP contribution in [-0.2, 0) is 0 Å². The molecule has 1 atom stereocenters. The lowest BCUT2D eigenvalue weighted by atomic mass is 10.1. The van der Waals surface area contributed by atoms with Gasteiger partial charge >= 0.3 is 0 Å². The Morgan fingerprint density at radius 3 is 2.75 bits per heavy atom. The number of hydrogen-bond donors (Lipinski definition) is 1. The molecule has 0 radical (unpaired) electrons. The minimum Gasteiger partial charge on any atom is -0.328 e. The fourth-order valence-electron chi connectivity index (χ4n) is 0.526. The Morgan fingerprint density at radius 1 is 1.75 bits per heavy atom. The summed E-state index contributed by atoms with van der Waals surface area (Å²) in [6, 6.07) is 0.309. The van der Waals surface area contributed by atoms with E-state index < -0.39 is 0 Å². The topological polar surface area (TPSA) is 26.0 Å². The molecular weight excluding hydrogens is 98.1 g/mol. The first-order chi connectivity index (χ1) is 3.77. The third-order valence-electron chi connectivity index (χ3n) is 0.981. The zero-order valence-electron chi connectivity index (χ0n) is 5.35. The minimum absolute atomic E-state index is 0.309. The molecule has 0 saturated heterocycles. The highest BCUT2D eigenvalue weighted by Gasteiger charge is 1.89. The average molecular weight is 111 g/mol. The molecule has 0 aliphatic heterocycles. The Balaban J connectivity index is 2.85. The largest absolute Gasteiger partial charge is 0.328 e. The molecular formula is C7H13N. The summed E-state index contributed by atoms with van der Waals surface area (Å²) in [6.45, 7) is 2.00. The molecule has 0 bridgehead atoms. The van der Waals surface area contributed by atoms with E-state index in [0.29, 0.717) is 6.04 Å². The molecule has 2 N–H and O–H groups in total. The first-order valence-corrected chi connectivity index (χ1v) is 2.96. The van der Waals surface area contributed by atoms with Gasteiger partial charge in [-0.3, -0.25) is 0 Å². The van der Waals surface area contributed by atoms with Crippen LogP contribution in [0.5, 0.6) is 0 Å². The van der Waals surface area contributed by atoms with Crippen LogP contribution in [-0.4, -0.2) is 6.04 Å². The maximum absolute atomic E-state index is 5.46. The van der Waals surface area contributed by atoms with Gasteiger partial charge in [0, 0.05) is 12.5 Å². The fourth-order valence-corrected chi connectivity index (χ4v) is 0.526. The predicted molar refractivity (Wildman–Crippen MR) is 36.3 cm³/mol. The van der Waals surface area contributed by atoms with Crippen LogP contribution in [0.3, 0.4) is 0 Å². The standard InChI is InChI=1S/C7H13N/c1-3-4-5-6-7(2)8/h1,7H,4-6,8H2,2H3/t7-/m0/s1. The summed E-state index contributed by atoms with van der Waals surface area (Å²) in [7, 11) is 0. The lowest BCUT2D eigenvalue weighted by Gasteiger charge is -1.99. The summed E-state index contributed by atoms with van der Waals surface area (Å²) in [5, 5.41) is 0. The van der Waals surface area contributed by atoms with E-state index in [4.69, 9.17) is 12.2 Å². The molecule has 0 spiro atoms. The molecule has 0 aliphatic rings. The molecule has 0 unspecified atom stereocenters. The Labute approximate surface area is 51.3 Å². The summed E-state index contributed by atoms with van der Waals surface area (Å²) in [5.74, 6) is 2.57. The van der Waals surface area contributed by atoms with Gasteiger partial charge in [-0.1, -0.05) is 0 Å². The van der Waals surface area contributed by atoms with Crippen LogP contribution in [0.4, 0.5) is 0 Å². The van der Waals surface area contributed by atoms with Gasteiger partial charge in [0.1, 0.15) is 0 Å². The number of hydrogen-bond acceptors (Lipinski definition) is 1. The molecule has 0 rings (SSSR count). The Bertz CT molecular complexity index is 78.9. The maximum Gasteiger partial charge on any atom is 0.00866 e. The van der Waals surface area contributed by atoms with Crippen molar-refractivity contribution in [2.75, 3.05) is 0 Å². The molecule has 1 heteroatoms. The smallest absolute Gasteiger partial charge is 0.00866 e. The predicted octanol–water partition coefficient (Wildman–Crippen LogP) is 1.14. The molecule has 0 saturated carbocycles. The molecule has 0 aromatic carbocycles. The Hall–Kier alpha value is -0.480. The van der Waals surface area contributed by atoms with Crippen LogP contribution in [0.15, 0.2) is 0 Å². The lowest BCUT2D eigenvalue weighted by molar-refractivity contribution is 0.634. The summed E-state index contributed by atoms with van der Waals surface area (Å²) < 4.78 is 0. The number of nitrogens with two attached hydrogens (primary N) is 1. The van der Waals surface area contributed by atoms with Gasteiger partial charge in [0.25, 0.3) is 0 Å². The average Bonchev–Trinajstić information content (AvgIpc) is 1.66. The van der Waals surface area contributed by atoms with E-state index in [1.165, 1.54) is 0 Å². The van der Waals surface area contributed by atoms with Crippen molar-refractivity contribution < 1.29 is 0 Å². The zero-order chi connectivity index (χ0) is 6.41. The molecule has 1 nitrogen and oxygen atoms in total. The molecule has 8 heavy (non-hydrogen) atoms. The normalized spacial score (nSPS) is 12.6. The van der Waals surface area contributed by atoms with E-state index in [0.717, 1.165) is 19.3 Å². The third-order valence-corrected chi connectivity index (χ3v) is 0.981. The highest BCUT2D eigenvalue weighted by atomic mass is 14.6. The Kier molecular flexibility index (Phi) is 4.39. The van der Waals surface area contributed by atoms with Crippen molar-refractivity contribution in [3.8, 4) is 12.3 Å². The first kappa shape index (κ1) is 7.52. The second-order valence-corrected chi connectivity index (χ2v) is 2.07. The SMILES string of the molecule is C#CCCC[C@H](C)N. The number of terminal acetylenes is 1. The van der Waals surface area contributed by atoms with E-state index in [2.05, 4.69) is 5.92 Å². The molecule has 0 amide bonds. The Morgan fingerprint density at radius 2 is 2.38 bits per heavy atom. The van der Waals surface area contributed by atoms with Crippen LogP contribution in [0.25, 0.3) is 0 Å². The molecule has 0 aliphatic carbocycles. The van der Waals surface area contributed by atoms with E-state index in [9.17, 15) is 0 Å². The quantitative estimate of drug-likeness (QED) is 0.429. The fraction of sp³-hybridized carbons (Fsp3) is 0.714. The van der Waals surface area contributed by atoms with Crippen molar-refractivity contribution in [1.29, 1.82) is 0 Å². The first-order valence-electron chi connectivity index (χ1n) is 2.96. The van der Waals surface area contributed by atoms with Gasteiger partial charge in [0.2, 0.25) is 0 Å². The monoisotopic (exact) mass is 111 g/mol. The van der Waals surface area contributed by atoms with Crippen molar-refractivity contribution in [2.24, 2.45) is 5.73 Å². The molecule has 46 valence electrons. The van der Waals surface area contributed by atoms with Crippen molar-refractivity contribution in [1.82, 2.24) is 0 Å². The second-order valence-electron chi connectivity index (χ2n) is 2.07. The molecule has 0 aromatic rings. The lowest BCUT2D eigenvalue weighted by Crippen LogP contribution is -2.13. The van der Waals surface area contributed by atoms with Crippen LogP contribution in [0.2, 0.25) is 0 Å². The van der Waals surface area contributed by atoms with Gasteiger partial charge in [0.05, 0.1) is 0 Å². The van der Waals surface area contributed by atoms with Gasteiger partial charge in [-0.05, 0) is 19.8 Å². The van der Waals surface area contributed by atoms with Gasteiger partial charge in [-0.15, -0.1) is 12.3 Å². The summed E-state index contributed by atoms with van der Waals surface area (Å²) in [6.07, 6.45) is 8.00. The van der Waals surface area contributed by atoms with Crippen molar-refractivity contribution in [2.45, 2.75) is 32.2 Å². The van der Waals surface area contributed by atoms with Crippen LogP contribution >= 0.6 is 0 Å². The van der Waals surface area contributed by atoms with Crippen LogP contribution in [0, 0.1) is 12.3 Å². The molecule has 0 aromatic heterocycles. The van der Waals surface area contributed by atoms with E-state index in [1.807, 2.05) is 6.92 Å². The maximum atomic E-state index is 5.46. The molecule has 0 heterocycles. The van der Waals surface area contributed by atoms with Crippen LogP contribution in [0.1, 0.15) is 26.2 Å². The highest BCUT2D eigenvalue weighted by Crippen LogP contribution is 1.95. The second kappa shape index (κ2) is 4.67. The summed E-state index contributed by atoms with van der Waals surface area (Å²) >= 11 is 0. The van der Waals surface area contributed by atoms with Gasteiger partial charge in [-0.2, -0.15) is 0 Å². The van der Waals surface area contributed by atoms with Crippen LogP contribution < -0.4 is 5.73 Å². The minimum atomic E-state index is 0.309. The van der Waals surface area contributed by atoms with Crippen molar-refractivity contribution in [3.63, 3.8) is 0 Å². The summed E-state index contributed by atoms with van der Waals surface area (Å²) in [5.41, 5.74) is 5.46. The van der Waals surface area contributed by atoms with E-state index in [1.54, 1.807) is 0 Å². The van der Waals surface area contributed by atoms with Gasteiger partial charge in [0.15, 0.2) is 0 Å². The van der Waals surface area contributed by atoms with Crippen molar-refractivity contribution >= 4 is 0 Å². The third kappa shape index (κ3) is 5.52.